The number of methoxy groups -OCH3 is 1. The van der Waals surface area contributed by atoms with Gasteiger partial charge in [0.15, 0.2) is 0 Å². The molecule has 5 heteroatoms. The molecule has 0 radical (unpaired) electrons. The normalized spacial score (nSPS) is 18.6. The Balaban J connectivity index is 1.54. The highest BCUT2D eigenvalue weighted by Gasteiger charge is 2.24. The van der Waals surface area contributed by atoms with Crippen molar-refractivity contribution in [2.45, 2.75) is 19.1 Å². The van der Waals surface area contributed by atoms with Gasteiger partial charge in [-0.1, -0.05) is 6.07 Å². The van der Waals surface area contributed by atoms with Crippen LogP contribution in [0.15, 0.2) is 42.7 Å². The highest BCUT2D eigenvalue weighted by Crippen LogP contribution is 2.19. The molecule has 0 amide bonds. The Hall–Kier alpha value is -2.14. The van der Waals surface area contributed by atoms with Crippen molar-refractivity contribution in [1.29, 1.82) is 0 Å². The molecule has 3 rings (SSSR count). The fourth-order valence-corrected chi connectivity index (χ4v) is 2.53. The Kier molecular flexibility index (Phi) is 4.31. The van der Waals surface area contributed by atoms with Gasteiger partial charge in [0, 0.05) is 31.9 Å². The van der Waals surface area contributed by atoms with Crippen LogP contribution in [0.1, 0.15) is 12.1 Å². The van der Waals surface area contributed by atoms with Gasteiger partial charge in [0.25, 0.3) is 0 Å². The molecule has 1 aliphatic heterocycles. The molecule has 1 atom stereocenters. The third-order valence-electron chi connectivity index (χ3n) is 3.54. The molecule has 3 heterocycles. The molecule has 1 fully saturated rings. The van der Waals surface area contributed by atoms with E-state index in [1.165, 1.54) is 0 Å². The highest BCUT2D eigenvalue weighted by molar-refractivity contribution is 5.17. The van der Waals surface area contributed by atoms with Crippen LogP contribution in [0, 0.1) is 0 Å². The molecule has 2 aromatic heterocycles. The Labute approximate surface area is 124 Å². The molecular formula is C16H19N3O2. The predicted octanol–water partition coefficient (Wildman–Crippen LogP) is 2.14. The summed E-state index contributed by atoms with van der Waals surface area (Å²) in [6.07, 6.45) is 4.76. The van der Waals surface area contributed by atoms with Gasteiger partial charge in [-0.3, -0.25) is 9.88 Å². The first kappa shape index (κ1) is 13.8. The van der Waals surface area contributed by atoms with E-state index < -0.39 is 0 Å². The summed E-state index contributed by atoms with van der Waals surface area (Å²) in [5.74, 6) is 1.50. The summed E-state index contributed by atoms with van der Waals surface area (Å²) in [6, 6.07) is 9.70. The van der Waals surface area contributed by atoms with Crippen molar-refractivity contribution < 1.29 is 9.47 Å². The minimum absolute atomic E-state index is 0.222. The van der Waals surface area contributed by atoms with E-state index in [2.05, 4.69) is 14.9 Å². The van der Waals surface area contributed by atoms with Crippen molar-refractivity contribution in [3.63, 3.8) is 0 Å². The number of nitrogens with zero attached hydrogens (tertiary/aromatic N) is 3. The maximum Gasteiger partial charge on any atom is 0.213 e. The lowest BCUT2D eigenvalue weighted by atomic mass is 10.3. The molecule has 0 N–H and O–H groups in total. The standard InChI is InChI=1S/C16H19N3O2/c1-20-16-6-2-4-13(18-16)11-19-9-7-15(12-19)21-14-5-3-8-17-10-14/h2-6,8,10,15H,7,9,11-12H2,1H3. The molecule has 0 aromatic carbocycles. The van der Waals surface area contributed by atoms with E-state index in [9.17, 15) is 0 Å². The Morgan fingerprint density at radius 1 is 1.29 bits per heavy atom. The quantitative estimate of drug-likeness (QED) is 0.842. The Morgan fingerprint density at radius 3 is 3.05 bits per heavy atom. The summed E-state index contributed by atoms with van der Waals surface area (Å²) >= 11 is 0. The first-order chi connectivity index (χ1) is 10.3. The first-order valence-electron chi connectivity index (χ1n) is 7.12. The zero-order valence-corrected chi connectivity index (χ0v) is 12.1. The minimum Gasteiger partial charge on any atom is -0.487 e. The third-order valence-corrected chi connectivity index (χ3v) is 3.54. The van der Waals surface area contributed by atoms with Gasteiger partial charge in [0.2, 0.25) is 5.88 Å². The van der Waals surface area contributed by atoms with Crippen LogP contribution in [0.2, 0.25) is 0 Å². The molecule has 0 saturated carbocycles. The number of rotatable bonds is 5. The molecule has 21 heavy (non-hydrogen) atoms. The van der Waals surface area contributed by atoms with Gasteiger partial charge >= 0.3 is 0 Å². The molecular weight excluding hydrogens is 266 g/mol. The monoisotopic (exact) mass is 285 g/mol. The lowest BCUT2D eigenvalue weighted by Crippen LogP contribution is -2.25. The van der Waals surface area contributed by atoms with Gasteiger partial charge in [-0.2, -0.15) is 0 Å². The molecule has 0 spiro atoms. The molecule has 1 aliphatic rings. The van der Waals surface area contributed by atoms with Crippen molar-refractivity contribution in [3.8, 4) is 11.6 Å². The molecule has 1 saturated heterocycles. The van der Waals surface area contributed by atoms with Crippen molar-refractivity contribution in [2.24, 2.45) is 0 Å². The van der Waals surface area contributed by atoms with Crippen LogP contribution in [-0.4, -0.2) is 41.2 Å². The van der Waals surface area contributed by atoms with Crippen LogP contribution in [-0.2, 0) is 6.54 Å². The molecule has 2 aromatic rings. The number of hydrogen-bond acceptors (Lipinski definition) is 5. The van der Waals surface area contributed by atoms with E-state index in [4.69, 9.17) is 9.47 Å². The maximum atomic E-state index is 5.94. The van der Waals surface area contributed by atoms with Crippen molar-refractivity contribution in [2.75, 3.05) is 20.2 Å². The largest absolute Gasteiger partial charge is 0.487 e. The molecule has 0 bridgehead atoms. The summed E-state index contributed by atoms with van der Waals surface area (Å²) in [4.78, 5) is 10.9. The lowest BCUT2D eigenvalue weighted by Gasteiger charge is -2.16. The van der Waals surface area contributed by atoms with E-state index in [0.29, 0.717) is 5.88 Å². The van der Waals surface area contributed by atoms with Crippen LogP contribution >= 0.6 is 0 Å². The van der Waals surface area contributed by atoms with Crippen LogP contribution < -0.4 is 9.47 Å². The van der Waals surface area contributed by atoms with Crippen molar-refractivity contribution >= 4 is 0 Å². The fraction of sp³-hybridized carbons (Fsp3) is 0.375. The fourth-order valence-electron chi connectivity index (χ4n) is 2.53. The zero-order chi connectivity index (χ0) is 14.5. The first-order valence-corrected chi connectivity index (χ1v) is 7.12. The number of pyridine rings is 2. The van der Waals surface area contributed by atoms with Crippen molar-refractivity contribution in [3.05, 3.63) is 48.4 Å². The van der Waals surface area contributed by atoms with Gasteiger partial charge in [0.1, 0.15) is 11.9 Å². The average molecular weight is 285 g/mol. The highest BCUT2D eigenvalue weighted by atomic mass is 16.5. The number of aromatic nitrogens is 2. The molecule has 0 aliphatic carbocycles. The summed E-state index contributed by atoms with van der Waals surface area (Å²) in [6.45, 7) is 2.75. The van der Waals surface area contributed by atoms with E-state index in [1.807, 2.05) is 30.3 Å². The van der Waals surface area contributed by atoms with Crippen molar-refractivity contribution in [1.82, 2.24) is 14.9 Å². The molecule has 1 unspecified atom stereocenters. The third kappa shape index (κ3) is 3.70. The van der Waals surface area contributed by atoms with E-state index in [1.54, 1.807) is 19.5 Å². The summed E-state index contributed by atoms with van der Waals surface area (Å²) < 4.78 is 11.1. The predicted molar refractivity (Wildman–Crippen MR) is 79.3 cm³/mol. The van der Waals surface area contributed by atoms with Gasteiger partial charge in [-0.25, -0.2) is 4.98 Å². The van der Waals surface area contributed by atoms with Crippen LogP contribution in [0.4, 0.5) is 0 Å². The second-order valence-corrected chi connectivity index (χ2v) is 5.12. The summed E-state index contributed by atoms with van der Waals surface area (Å²) in [7, 11) is 1.64. The van der Waals surface area contributed by atoms with Gasteiger partial charge in [-0.05, 0) is 24.6 Å². The SMILES string of the molecule is COc1cccc(CN2CCC(Oc3cccnc3)C2)n1. The smallest absolute Gasteiger partial charge is 0.213 e. The zero-order valence-electron chi connectivity index (χ0n) is 12.1. The molecule has 5 nitrogen and oxygen atoms in total. The lowest BCUT2D eigenvalue weighted by molar-refractivity contribution is 0.197. The topological polar surface area (TPSA) is 47.5 Å². The van der Waals surface area contributed by atoms with Gasteiger partial charge < -0.3 is 9.47 Å². The van der Waals surface area contributed by atoms with E-state index in [0.717, 1.165) is 37.5 Å². The average Bonchev–Trinajstić information content (AvgIpc) is 2.95. The number of likely N-dealkylation sites (tertiary alicyclic amines) is 1. The number of ether oxygens (including phenoxy) is 2. The maximum absolute atomic E-state index is 5.94. The molecule has 110 valence electrons. The Morgan fingerprint density at radius 2 is 2.24 bits per heavy atom. The Bertz CT molecular complexity index is 577. The van der Waals surface area contributed by atoms with Crippen LogP contribution in [0.5, 0.6) is 11.6 Å². The van der Waals surface area contributed by atoms with E-state index >= 15 is 0 Å². The van der Waals surface area contributed by atoms with Crippen LogP contribution in [0.3, 0.4) is 0 Å². The van der Waals surface area contributed by atoms with Crippen LogP contribution in [0.25, 0.3) is 0 Å². The van der Waals surface area contributed by atoms with Gasteiger partial charge in [-0.15, -0.1) is 0 Å². The summed E-state index contributed by atoms with van der Waals surface area (Å²) in [5, 5.41) is 0. The van der Waals surface area contributed by atoms with Gasteiger partial charge in [0.05, 0.1) is 19.0 Å². The number of hydrogen-bond donors (Lipinski definition) is 0. The minimum atomic E-state index is 0.222. The van der Waals surface area contributed by atoms with E-state index in [-0.39, 0.29) is 6.10 Å². The second-order valence-electron chi connectivity index (χ2n) is 5.12. The second kappa shape index (κ2) is 6.54. The summed E-state index contributed by atoms with van der Waals surface area (Å²) in [5.41, 5.74) is 1.02.